The van der Waals surface area contributed by atoms with Gasteiger partial charge in [0.25, 0.3) is 5.91 Å². The van der Waals surface area contributed by atoms with Crippen LogP contribution in [0.4, 0.5) is 0 Å². The monoisotopic (exact) mass is 399 g/mol. The molecular weight excluding hydrogens is 374 g/mol. The van der Waals surface area contributed by atoms with E-state index in [1.54, 1.807) is 9.58 Å². The normalized spacial score (nSPS) is 10.9. The second kappa shape index (κ2) is 7.99. The van der Waals surface area contributed by atoms with Crippen LogP contribution in [0.2, 0.25) is 0 Å². The van der Waals surface area contributed by atoms with E-state index in [0.717, 1.165) is 33.9 Å². The van der Waals surface area contributed by atoms with E-state index >= 15 is 0 Å². The average molecular weight is 399 g/mol. The van der Waals surface area contributed by atoms with Gasteiger partial charge >= 0.3 is 0 Å². The molecule has 4 rings (SSSR count). The van der Waals surface area contributed by atoms with Crippen LogP contribution in [0.5, 0.6) is 0 Å². The third-order valence-electron chi connectivity index (χ3n) is 5.27. The number of hydrogen-bond acceptors (Lipinski definition) is 3. The first-order chi connectivity index (χ1) is 14.4. The van der Waals surface area contributed by atoms with Crippen LogP contribution >= 0.6 is 0 Å². The van der Waals surface area contributed by atoms with Gasteiger partial charge in [0.15, 0.2) is 0 Å². The van der Waals surface area contributed by atoms with Crippen LogP contribution in [0.25, 0.3) is 11.4 Å². The van der Waals surface area contributed by atoms with Gasteiger partial charge in [-0.3, -0.25) is 4.79 Å². The first-order valence-electron chi connectivity index (χ1n) is 9.91. The molecule has 0 aliphatic rings. The summed E-state index contributed by atoms with van der Waals surface area (Å²) in [6, 6.07) is 17.6. The van der Waals surface area contributed by atoms with Crippen LogP contribution in [-0.4, -0.2) is 37.4 Å². The molecule has 2 aromatic carbocycles. The van der Waals surface area contributed by atoms with Crippen LogP contribution in [0.3, 0.4) is 0 Å². The molecular formula is C24H25N5O. The number of amides is 1. The lowest BCUT2D eigenvalue weighted by Crippen LogP contribution is -2.26. The van der Waals surface area contributed by atoms with Crippen molar-refractivity contribution < 1.29 is 4.79 Å². The van der Waals surface area contributed by atoms with Gasteiger partial charge in [-0.15, -0.1) is 0 Å². The summed E-state index contributed by atoms with van der Waals surface area (Å²) < 4.78 is 3.74. The third kappa shape index (κ3) is 3.76. The molecule has 0 N–H and O–H groups in total. The molecule has 6 nitrogen and oxygen atoms in total. The Morgan fingerprint density at radius 1 is 0.967 bits per heavy atom. The summed E-state index contributed by atoms with van der Waals surface area (Å²) in [7, 11) is 1.83. The Morgan fingerprint density at radius 3 is 2.30 bits per heavy atom. The van der Waals surface area contributed by atoms with E-state index in [-0.39, 0.29) is 5.91 Å². The Balaban J connectivity index is 1.52. The minimum Gasteiger partial charge on any atom is -0.337 e. The van der Waals surface area contributed by atoms with E-state index in [0.29, 0.717) is 12.1 Å². The Kier molecular flexibility index (Phi) is 5.23. The topological polar surface area (TPSA) is 56.0 Å². The molecule has 0 fully saturated rings. The number of para-hydroxylation sites is 1. The zero-order valence-electron chi connectivity index (χ0n) is 17.7. The molecule has 0 atom stereocenters. The molecule has 0 aliphatic heterocycles. The van der Waals surface area contributed by atoms with Crippen molar-refractivity contribution in [3.8, 4) is 11.4 Å². The van der Waals surface area contributed by atoms with Gasteiger partial charge in [0.1, 0.15) is 0 Å². The van der Waals surface area contributed by atoms with Crippen molar-refractivity contribution in [1.82, 2.24) is 24.5 Å². The van der Waals surface area contributed by atoms with E-state index in [2.05, 4.69) is 10.2 Å². The Hall–Kier alpha value is -3.67. The highest BCUT2D eigenvalue weighted by molar-refractivity contribution is 5.94. The predicted molar refractivity (Wildman–Crippen MR) is 117 cm³/mol. The minimum atomic E-state index is -0.0237. The van der Waals surface area contributed by atoms with Crippen molar-refractivity contribution in [3.05, 3.63) is 95.1 Å². The van der Waals surface area contributed by atoms with Crippen LogP contribution in [0.15, 0.2) is 67.0 Å². The number of aromatic nitrogens is 4. The van der Waals surface area contributed by atoms with E-state index in [1.807, 2.05) is 99.5 Å². The fourth-order valence-electron chi connectivity index (χ4n) is 3.56. The van der Waals surface area contributed by atoms with Crippen molar-refractivity contribution in [3.63, 3.8) is 0 Å². The minimum absolute atomic E-state index is 0.0237. The third-order valence-corrected chi connectivity index (χ3v) is 5.27. The summed E-state index contributed by atoms with van der Waals surface area (Å²) >= 11 is 0. The van der Waals surface area contributed by atoms with E-state index < -0.39 is 0 Å². The zero-order valence-corrected chi connectivity index (χ0v) is 17.7. The number of hydrogen-bond donors (Lipinski definition) is 0. The van der Waals surface area contributed by atoms with Crippen molar-refractivity contribution in [2.45, 2.75) is 27.3 Å². The van der Waals surface area contributed by atoms with Gasteiger partial charge < -0.3 is 4.90 Å². The van der Waals surface area contributed by atoms with Gasteiger partial charge in [0.2, 0.25) is 0 Å². The molecule has 0 aliphatic carbocycles. The molecule has 1 amide bonds. The summed E-state index contributed by atoms with van der Waals surface area (Å²) in [6.45, 7) is 6.53. The molecule has 2 aromatic heterocycles. The maximum atomic E-state index is 13.0. The molecule has 30 heavy (non-hydrogen) atoms. The summed E-state index contributed by atoms with van der Waals surface area (Å²) in [5, 5.41) is 8.99. The zero-order chi connectivity index (χ0) is 21.3. The van der Waals surface area contributed by atoms with Gasteiger partial charge in [0, 0.05) is 36.6 Å². The fourth-order valence-corrected chi connectivity index (χ4v) is 3.56. The average Bonchev–Trinajstić information content (AvgIpc) is 3.32. The molecule has 6 heteroatoms. The summed E-state index contributed by atoms with van der Waals surface area (Å²) in [6.07, 6.45) is 3.77. The summed E-state index contributed by atoms with van der Waals surface area (Å²) in [5.74, 6) is -0.0237. The van der Waals surface area contributed by atoms with Crippen molar-refractivity contribution in [2.24, 2.45) is 0 Å². The fraction of sp³-hybridized carbons (Fsp3) is 0.208. The Bertz CT molecular complexity index is 1170. The standard InChI is InChI=1S/C24H25N5O/c1-17-14-25-28(15-17)21-12-10-20(11-13-21)24(30)27(4)16-23-18(2)26-29(19(23)3)22-8-6-5-7-9-22/h5-15H,16H2,1-4H3. The number of carbonyl (C=O) groups excluding carboxylic acids is 1. The highest BCUT2D eigenvalue weighted by Crippen LogP contribution is 2.20. The van der Waals surface area contributed by atoms with E-state index in [1.165, 1.54) is 0 Å². The van der Waals surface area contributed by atoms with Gasteiger partial charge in [-0.05, 0) is 62.7 Å². The molecule has 0 radical (unpaired) electrons. The van der Waals surface area contributed by atoms with Gasteiger partial charge in [0.05, 0.1) is 23.3 Å². The van der Waals surface area contributed by atoms with Gasteiger partial charge in [-0.1, -0.05) is 18.2 Å². The van der Waals surface area contributed by atoms with Crippen LogP contribution in [0.1, 0.15) is 32.9 Å². The van der Waals surface area contributed by atoms with Crippen LogP contribution in [0, 0.1) is 20.8 Å². The van der Waals surface area contributed by atoms with Gasteiger partial charge in [-0.25, -0.2) is 9.36 Å². The van der Waals surface area contributed by atoms with Crippen molar-refractivity contribution in [2.75, 3.05) is 7.05 Å². The van der Waals surface area contributed by atoms with Gasteiger partial charge in [-0.2, -0.15) is 10.2 Å². The summed E-state index contributed by atoms with van der Waals surface area (Å²) in [4.78, 5) is 14.7. The molecule has 0 saturated carbocycles. The maximum absolute atomic E-state index is 13.0. The van der Waals surface area contributed by atoms with E-state index in [9.17, 15) is 4.79 Å². The number of aryl methyl sites for hydroxylation is 2. The van der Waals surface area contributed by atoms with Crippen molar-refractivity contribution >= 4 is 5.91 Å². The molecule has 0 unspecified atom stereocenters. The number of rotatable bonds is 5. The quantitative estimate of drug-likeness (QED) is 0.504. The Morgan fingerprint density at radius 2 is 1.67 bits per heavy atom. The second-order valence-corrected chi connectivity index (χ2v) is 7.57. The first-order valence-corrected chi connectivity index (χ1v) is 9.91. The highest BCUT2D eigenvalue weighted by Gasteiger charge is 2.18. The highest BCUT2D eigenvalue weighted by atomic mass is 16.2. The lowest BCUT2D eigenvalue weighted by molar-refractivity contribution is 0.0785. The number of carbonyl (C=O) groups is 1. The van der Waals surface area contributed by atoms with Crippen LogP contribution in [-0.2, 0) is 6.54 Å². The molecule has 2 heterocycles. The molecule has 0 bridgehead atoms. The maximum Gasteiger partial charge on any atom is 0.253 e. The lowest BCUT2D eigenvalue weighted by Gasteiger charge is -2.18. The first kappa shape index (κ1) is 19.6. The van der Waals surface area contributed by atoms with E-state index in [4.69, 9.17) is 0 Å². The molecule has 0 saturated heterocycles. The molecule has 0 spiro atoms. The second-order valence-electron chi connectivity index (χ2n) is 7.57. The van der Waals surface area contributed by atoms with Crippen molar-refractivity contribution in [1.29, 1.82) is 0 Å². The lowest BCUT2D eigenvalue weighted by atomic mass is 10.1. The van der Waals surface area contributed by atoms with Crippen LogP contribution < -0.4 is 0 Å². The smallest absolute Gasteiger partial charge is 0.253 e. The molecule has 4 aromatic rings. The predicted octanol–water partition coefficient (Wildman–Crippen LogP) is 4.26. The summed E-state index contributed by atoms with van der Waals surface area (Å²) in [5.41, 5.74) is 6.73. The number of nitrogens with zero attached hydrogens (tertiary/aromatic N) is 5. The molecule has 152 valence electrons. The Labute approximate surface area is 176 Å². The SMILES string of the molecule is Cc1cnn(-c2ccc(C(=O)N(C)Cc3c(C)nn(-c4ccccc4)c3C)cc2)c1. The largest absolute Gasteiger partial charge is 0.337 e. The number of benzene rings is 2.